The van der Waals surface area contributed by atoms with E-state index < -0.39 is 29.5 Å². The molecule has 0 aliphatic carbocycles. The third-order valence-corrected chi connectivity index (χ3v) is 3.61. The predicted octanol–water partition coefficient (Wildman–Crippen LogP) is 4.07. The summed E-state index contributed by atoms with van der Waals surface area (Å²) in [6.45, 7) is 3.46. The molecular weight excluding hydrogens is 319 g/mol. The maximum Gasteiger partial charge on any atom is 0.416 e. The topological polar surface area (TPSA) is 46.2 Å². The molecule has 1 unspecified atom stereocenters. The normalized spacial score (nSPS) is 12.5. The minimum atomic E-state index is -4.41. The Hall–Kier alpha value is -2.63. The second-order valence-electron chi connectivity index (χ2n) is 5.51. The quantitative estimate of drug-likeness (QED) is 0.676. The summed E-state index contributed by atoms with van der Waals surface area (Å²) in [5, 5.41) is 2.50. The van der Waals surface area contributed by atoms with Crippen molar-refractivity contribution < 1.29 is 22.8 Å². The Morgan fingerprint density at radius 3 is 2.00 bits per heavy atom. The van der Waals surface area contributed by atoms with Crippen molar-refractivity contribution in [1.29, 1.82) is 0 Å². The number of nitrogens with one attached hydrogen (secondary N) is 1. The lowest BCUT2D eigenvalue weighted by atomic mass is 10.0. The highest BCUT2D eigenvalue weighted by atomic mass is 19.4. The van der Waals surface area contributed by atoms with Crippen LogP contribution in [0.15, 0.2) is 48.5 Å². The number of carbonyl (C=O) groups excluding carboxylic acids is 2. The van der Waals surface area contributed by atoms with Crippen molar-refractivity contribution in [2.45, 2.75) is 26.1 Å². The number of benzene rings is 2. The Balaban J connectivity index is 2.05. The van der Waals surface area contributed by atoms with Crippen molar-refractivity contribution in [2.24, 2.45) is 0 Å². The summed E-state index contributed by atoms with van der Waals surface area (Å²) in [5.74, 6) is -1.49. The number of halogens is 3. The molecule has 2 aromatic rings. The van der Waals surface area contributed by atoms with Gasteiger partial charge in [0.25, 0.3) is 5.91 Å². The molecule has 24 heavy (non-hydrogen) atoms. The Bertz CT molecular complexity index is 734. The average molecular weight is 335 g/mol. The first-order valence-electron chi connectivity index (χ1n) is 7.27. The average Bonchev–Trinajstić information content (AvgIpc) is 2.54. The summed E-state index contributed by atoms with van der Waals surface area (Å²) in [6, 6.07) is 10.4. The molecule has 0 heterocycles. The zero-order valence-corrected chi connectivity index (χ0v) is 13.1. The second kappa shape index (κ2) is 6.86. The first kappa shape index (κ1) is 17.7. The van der Waals surface area contributed by atoms with Gasteiger partial charge in [0.2, 0.25) is 5.78 Å². The SMILES string of the molecule is Cc1ccc(C(=O)C(=O)NC(C)c2ccc(C(F)(F)F)cc2)cc1. The molecule has 0 fully saturated rings. The zero-order valence-electron chi connectivity index (χ0n) is 13.1. The van der Waals surface area contributed by atoms with E-state index in [1.807, 2.05) is 6.92 Å². The van der Waals surface area contributed by atoms with Crippen LogP contribution in [-0.4, -0.2) is 11.7 Å². The van der Waals surface area contributed by atoms with Crippen LogP contribution in [0.3, 0.4) is 0 Å². The van der Waals surface area contributed by atoms with Gasteiger partial charge >= 0.3 is 6.18 Å². The molecule has 126 valence electrons. The first-order valence-corrected chi connectivity index (χ1v) is 7.27. The highest BCUT2D eigenvalue weighted by Crippen LogP contribution is 2.29. The summed E-state index contributed by atoms with van der Waals surface area (Å²) < 4.78 is 37.6. The Morgan fingerprint density at radius 2 is 1.50 bits per heavy atom. The van der Waals surface area contributed by atoms with Gasteiger partial charge in [-0.3, -0.25) is 9.59 Å². The molecule has 1 amide bonds. The molecule has 0 bridgehead atoms. The van der Waals surface area contributed by atoms with Gasteiger partial charge in [0.1, 0.15) is 0 Å². The smallest absolute Gasteiger partial charge is 0.343 e. The van der Waals surface area contributed by atoms with Crippen molar-refractivity contribution in [3.8, 4) is 0 Å². The van der Waals surface area contributed by atoms with Gasteiger partial charge in [0, 0.05) is 5.56 Å². The largest absolute Gasteiger partial charge is 0.416 e. The molecule has 0 saturated heterocycles. The van der Waals surface area contributed by atoms with Gasteiger partial charge in [-0.05, 0) is 31.5 Å². The van der Waals surface area contributed by atoms with Crippen molar-refractivity contribution in [3.05, 3.63) is 70.8 Å². The standard InChI is InChI=1S/C18H16F3NO2/c1-11-3-5-14(6-4-11)16(23)17(24)22-12(2)13-7-9-15(10-8-13)18(19,20)21/h3-10,12H,1-2H3,(H,22,24). The third kappa shape index (κ3) is 4.22. The van der Waals surface area contributed by atoms with E-state index in [2.05, 4.69) is 5.32 Å². The number of hydrogen-bond acceptors (Lipinski definition) is 2. The maximum absolute atomic E-state index is 12.5. The summed E-state index contributed by atoms with van der Waals surface area (Å²) in [5.41, 5.74) is 0.941. The second-order valence-corrected chi connectivity index (χ2v) is 5.51. The van der Waals surface area contributed by atoms with Gasteiger partial charge in [-0.25, -0.2) is 0 Å². The molecule has 0 radical (unpaired) electrons. The molecule has 6 heteroatoms. The minimum Gasteiger partial charge on any atom is -0.343 e. The van der Waals surface area contributed by atoms with E-state index in [-0.39, 0.29) is 5.56 Å². The van der Waals surface area contributed by atoms with Crippen LogP contribution >= 0.6 is 0 Å². The number of Topliss-reactive ketones (excluding diaryl/α,β-unsaturated/α-hetero) is 1. The monoisotopic (exact) mass is 335 g/mol. The molecule has 0 aliphatic heterocycles. The van der Waals surface area contributed by atoms with Crippen LogP contribution in [0.25, 0.3) is 0 Å². The van der Waals surface area contributed by atoms with Crippen LogP contribution in [0.5, 0.6) is 0 Å². The fourth-order valence-electron chi connectivity index (χ4n) is 2.14. The van der Waals surface area contributed by atoms with E-state index >= 15 is 0 Å². The first-order chi connectivity index (χ1) is 11.2. The number of rotatable bonds is 4. The highest BCUT2D eigenvalue weighted by Gasteiger charge is 2.30. The van der Waals surface area contributed by atoms with Gasteiger partial charge in [-0.15, -0.1) is 0 Å². The molecule has 0 saturated carbocycles. The van der Waals surface area contributed by atoms with Crippen LogP contribution < -0.4 is 5.32 Å². The van der Waals surface area contributed by atoms with Crippen molar-refractivity contribution >= 4 is 11.7 Å². The van der Waals surface area contributed by atoms with Gasteiger partial charge < -0.3 is 5.32 Å². The molecule has 0 aliphatic rings. The predicted molar refractivity (Wildman–Crippen MR) is 83.5 cm³/mol. The number of hydrogen-bond donors (Lipinski definition) is 1. The van der Waals surface area contributed by atoms with Crippen molar-refractivity contribution in [2.75, 3.05) is 0 Å². The fraction of sp³-hybridized carbons (Fsp3) is 0.222. The third-order valence-electron chi connectivity index (χ3n) is 3.61. The Morgan fingerprint density at radius 1 is 0.958 bits per heavy atom. The molecule has 2 rings (SSSR count). The van der Waals surface area contributed by atoms with Gasteiger partial charge in [0.05, 0.1) is 11.6 Å². The maximum atomic E-state index is 12.5. The van der Waals surface area contributed by atoms with Crippen LogP contribution in [0.1, 0.15) is 40.0 Å². The molecule has 1 N–H and O–H groups in total. The number of ketones is 1. The molecule has 3 nitrogen and oxygen atoms in total. The van der Waals surface area contributed by atoms with Crippen LogP contribution in [0.4, 0.5) is 13.2 Å². The summed E-state index contributed by atoms with van der Waals surface area (Å²) in [6.07, 6.45) is -4.41. The minimum absolute atomic E-state index is 0.262. The van der Waals surface area contributed by atoms with Gasteiger partial charge in [0.15, 0.2) is 0 Å². The van der Waals surface area contributed by atoms with E-state index in [9.17, 15) is 22.8 Å². The van der Waals surface area contributed by atoms with E-state index in [0.29, 0.717) is 5.56 Å². The molecule has 0 aromatic heterocycles. The van der Waals surface area contributed by atoms with Crippen molar-refractivity contribution in [3.63, 3.8) is 0 Å². The van der Waals surface area contributed by atoms with Crippen LogP contribution in [0, 0.1) is 6.92 Å². The summed E-state index contributed by atoms with van der Waals surface area (Å²) in [4.78, 5) is 24.0. The Kier molecular flexibility index (Phi) is 5.07. The number of carbonyl (C=O) groups is 2. The lowest BCUT2D eigenvalue weighted by Crippen LogP contribution is -2.33. The number of amides is 1. The summed E-state index contributed by atoms with van der Waals surface area (Å²) >= 11 is 0. The van der Waals surface area contributed by atoms with Crippen LogP contribution in [0.2, 0.25) is 0 Å². The zero-order chi connectivity index (χ0) is 17.9. The van der Waals surface area contributed by atoms with E-state index in [1.54, 1.807) is 31.2 Å². The number of aryl methyl sites for hydroxylation is 1. The molecule has 2 aromatic carbocycles. The fourth-order valence-corrected chi connectivity index (χ4v) is 2.14. The van der Waals surface area contributed by atoms with Crippen LogP contribution in [-0.2, 0) is 11.0 Å². The highest BCUT2D eigenvalue weighted by molar-refractivity contribution is 6.42. The number of alkyl halides is 3. The van der Waals surface area contributed by atoms with E-state index in [0.717, 1.165) is 17.7 Å². The lowest BCUT2D eigenvalue weighted by molar-refractivity contribution is -0.137. The van der Waals surface area contributed by atoms with E-state index in [4.69, 9.17) is 0 Å². The van der Waals surface area contributed by atoms with Crippen molar-refractivity contribution in [1.82, 2.24) is 5.32 Å². The van der Waals surface area contributed by atoms with Gasteiger partial charge in [-0.2, -0.15) is 13.2 Å². The summed E-state index contributed by atoms with van der Waals surface area (Å²) in [7, 11) is 0. The molecule has 1 atom stereocenters. The van der Waals surface area contributed by atoms with E-state index in [1.165, 1.54) is 12.1 Å². The van der Waals surface area contributed by atoms with Gasteiger partial charge in [-0.1, -0.05) is 42.0 Å². The lowest BCUT2D eigenvalue weighted by Gasteiger charge is -2.15. The molecular formula is C18H16F3NO2. The Labute approximate surface area is 137 Å². The molecule has 0 spiro atoms.